The Kier molecular flexibility index (Phi) is 4.21. The van der Waals surface area contributed by atoms with Crippen LogP contribution in [0.15, 0.2) is 24.3 Å². The van der Waals surface area contributed by atoms with Crippen molar-refractivity contribution in [2.45, 2.75) is 45.8 Å². The van der Waals surface area contributed by atoms with Crippen LogP contribution in [0.5, 0.6) is 0 Å². The Labute approximate surface area is 121 Å². The number of alkyl carbamates (subject to hydrolysis) is 1. The largest absolute Gasteiger partial charge is 0.444 e. The molecule has 4 heteroatoms. The van der Waals surface area contributed by atoms with Crippen LogP contribution < -0.4 is 10.2 Å². The highest BCUT2D eigenvalue weighted by molar-refractivity contribution is 5.68. The number of carbonyl (C=O) groups excluding carboxylic acids is 1. The van der Waals surface area contributed by atoms with E-state index in [9.17, 15) is 4.79 Å². The van der Waals surface area contributed by atoms with Crippen molar-refractivity contribution < 1.29 is 9.53 Å². The average Bonchev–Trinajstić information content (AvgIpc) is 2.74. The van der Waals surface area contributed by atoms with E-state index in [1.165, 1.54) is 11.3 Å². The molecule has 20 heavy (non-hydrogen) atoms. The van der Waals surface area contributed by atoms with Gasteiger partial charge in [0.05, 0.1) is 6.04 Å². The van der Waals surface area contributed by atoms with Crippen molar-refractivity contribution in [2.75, 3.05) is 18.0 Å². The van der Waals surface area contributed by atoms with Gasteiger partial charge in [0.1, 0.15) is 5.60 Å². The minimum atomic E-state index is -0.446. The molecule has 1 aromatic carbocycles. The molecule has 1 aliphatic heterocycles. The molecule has 2 rings (SSSR count). The fraction of sp³-hybridized carbons (Fsp3) is 0.562. The van der Waals surface area contributed by atoms with Gasteiger partial charge in [-0.15, -0.1) is 0 Å². The van der Waals surface area contributed by atoms with Gasteiger partial charge < -0.3 is 15.0 Å². The second-order valence-corrected chi connectivity index (χ2v) is 6.42. The topological polar surface area (TPSA) is 41.6 Å². The monoisotopic (exact) mass is 276 g/mol. The third-order valence-electron chi connectivity index (χ3n) is 3.28. The van der Waals surface area contributed by atoms with Crippen molar-refractivity contribution in [3.05, 3.63) is 29.8 Å². The van der Waals surface area contributed by atoms with Gasteiger partial charge in [-0.2, -0.15) is 0 Å². The maximum absolute atomic E-state index is 11.8. The summed E-state index contributed by atoms with van der Waals surface area (Å²) in [4.78, 5) is 14.1. The summed E-state index contributed by atoms with van der Waals surface area (Å²) in [5.74, 6) is 0. The first-order valence-corrected chi connectivity index (χ1v) is 7.14. The van der Waals surface area contributed by atoms with E-state index in [-0.39, 0.29) is 12.1 Å². The van der Waals surface area contributed by atoms with Crippen LogP contribution in [-0.2, 0) is 4.74 Å². The molecule has 110 valence electrons. The number of hydrogen-bond donors (Lipinski definition) is 1. The Balaban J connectivity index is 1.88. The second-order valence-electron chi connectivity index (χ2n) is 6.42. The molecular formula is C16H24N2O2. The summed E-state index contributed by atoms with van der Waals surface area (Å²) in [7, 11) is 0. The number of carbonyl (C=O) groups is 1. The summed E-state index contributed by atoms with van der Waals surface area (Å²) in [6.07, 6.45) is 0.626. The van der Waals surface area contributed by atoms with Crippen molar-refractivity contribution in [2.24, 2.45) is 0 Å². The van der Waals surface area contributed by atoms with Gasteiger partial charge in [-0.05, 0) is 51.8 Å². The molecule has 1 amide bonds. The number of benzene rings is 1. The number of aryl methyl sites for hydroxylation is 1. The molecule has 1 atom stereocenters. The quantitative estimate of drug-likeness (QED) is 0.902. The van der Waals surface area contributed by atoms with Gasteiger partial charge in [-0.3, -0.25) is 0 Å². The van der Waals surface area contributed by atoms with Crippen LogP contribution >= 0.6 is 0 Å². The molecular weight excluding hydrogens is 252 g/mol. The Hall–Kier alpha value is -1.71. The number of hydrogen-bond acceptors (Lipinski definition) is 3. The van der Waals surface area contributed by atoms with E-state index in [1.807, 2.05) is 20.8 Å². The zero-order valence-corrected chi connectivity index (χ0v) is 12.8. The lowest BCUT2D eigenvalue weighted by molar-refractivity contribution is 0.0509. The minimum absolute atomic E-state index is 0.158. The Morgan fingerprint density at radius 3 is 2.80 bits per heavy atom. The van der Waals surface area contributed by atoms with Crippen LogP contribution in [0.25, 0.3) is 0 Å². The van der Waals surface area contributed by atoms with Crippen LogP contribution in [0.3, 0.4) is 0 Å². The van der Waals surface area contributed by atoms with Crippen molar-refractivity contribution in [3.63, 3.8) is 0 Å². The molecule has 0 unspecified atom stereocenters. The van der Waals surface area contributed by atoms with E-state index in [1.54, 1.807) is 0 Å². The van der Waals surface area contributed by atoms with Crippen molar-refractivity contribution in [3.8, 4) is 0 Å². The lowest BCUT2D eigenvalue weighted by Crippen LogP contribution is -2.40. The minimum Gasteiger partial charge on any atom is -0.444 e. The third kappa shape index (κ3) is 4.15. The first-order valence-electron chi connectivity index (χ1n) is 7.14. The molecule has 0 aromatic heterocycles. The Morgan fingerprint density at radius 2 is 2.15 bits per heavy atom. The van der Waals surface area contributed by atoms with Crippen LogP contribution in [-0.4, -0.2) is 30.8 Å². The number of nitrogens with zero attached hydrogens (tertiary/aromatic N) is 1. The number of amides is 1. The fourth-order valence-corrected chi connectivity index (χ4v) is 2.41. The molecule has 1 fully saturated rings. The molecule has 0 saturated carbocycles. The first-order chi connectivity index (χ1) is 9.33. The Morgan fingerprint density at radius 1 is 1.40 bits per heavy atom. The van der Waals surface area contributed by atoms with Gasteiger partial charge in [0.15, 0.2) is 0 Å². The van der Waals surface area contributed by atoms with E-state index < -0.39 is 5.60 Å². The fourth-order valence-electron chi connectivity index (χ4n) is 2.41. The molecule has 0 radical (unpaired) electrons. The smallest absolute Gasteiger partial charge is 0.407 e. The van der Waals surface area contributed by atoms with Crippen LogP contribution in [0.4, 0.5) is 10.5 Å². The van der Waals surface area contributed by atoms with Gasteiger partial charge >= 0.3 is 6.09 Å². The van der Waals surface area contributed by atoms with Crippen molar-refractivity contribution >= 4 is 11.8 Å². The molecule has 1 aliphatic rings. The molecule has 4 nitrogen and oxygen atoms in total. The number of ether oxygens (including phenoxy) is 1. The molecule has 1 saturated heterocycles. The normalized spacial score (nSPS) is 19.0. The summed E-state index contributed by atoms with van der Waals surface area (Å²) in [6, 6.07) is 8.61. The molecule has 1 N–H and O–H groups in total. The highest BCUT2D eigenvalue weighted by atomic mass is 16.6. The predicted octanol–water partition coefficient (Wildman–Crippen LogP) is 3.10. The highest BCUT2D eigenvalue weighted by Crippen LogP contribution is 2.21. The zero-order valence-electron chi connectivity index (χ0n) is 12.8. The average molecular weight is 276 g/mol. The molecule has 1 heterocycles. The van der Waals surface area contributed by atoms with E-state index in [0.29, 0.717) is 0 Å². The van der Waals surface area contributed by atoms with E-state index in [4.69, 9.17) is 4.74 Å². The van der Waals surface area contributed by atoms with Crippen LogP contribution in [0.2, 0.25) is 0 Å². The van der Waals surface area contributed by atoms with Crippen LogP contribution in [0, 0.1) is 6.92 Å². The maximum atomic E-state index is 11.8. The van der Waals surface area contributed by atoms with E-state index >= 15 is 0 Å². The zero-order chi connectivity index (χ0) is 14.8. The SMILES string of the molecule is Cc1cccc(N2CC[C@H](NC(=O)OC(C)(C)C)C2)c1. The van der Waals surface area contributed by atoms with Gasteiger partial charge in [0.25, 0.3) is 0 Å². The Bertz CT molecular complexity index is 480. The first kappa shape index (κ1) is 14.7. The predicted molar refractivity (Wildman–Crippen MR) is 81.2 cm³/mol. The number of anilines is 1. The summed E-state index contributed by atoms with van der Waals surface area (Å²) in [5.41, 5.74) is 2.03. The summed E-state index contributed by atoms with van der Waals surface area (Å²) >= 11 is 0. The third-order valence-corrected chi connectivity index (χ3v) is 3.28. The van der Waals surface area contributed by atoms with Crippen molar-refractivity contribution in [1.82, 2.24) is 5.32 Å². The van der Waals surface area contributed by atoms with E-state index in [2.05, 4.69) is 41.4 Å². The molecule has 1 aromatic rings. The maximum Gasteiger partial charge on any atom is 0.407 e. The lowest BCUT2D eigenvalue weighted by atomic mass is 10.2. The van der Waals surface area contributed by atoms with Gasteiger partial charge in [-0.1, -0.05) is 12.1 Å². The number of rotatable bonds is 2. The van der Waals surface area contributed by atoms with Gasteiger partial charge in [0, 0.05) is 18.8 Å². The van der Waals surface area contributed by atoms with Crippen LogP contribution in [0.1, 0.15) is 32.8 Å². The lowest BCUT2D eigenvalue weighted by Gasteiger charge is -2.22. The summed E-state index contributed by atoms with van der Waals surface area (Å²) in [5, 5.41) is 2.95. The standard InChI is InChI=1S/C16H24N2O2/c1-12-6-5-7-14(10-12)18-9-8-13(11-18)17-15(19)20-16(2,3)4/h5-7,10,13H,8-9,11H2,1-4H3,(H,17,19)/t13-/m0/s1. The number of nitrogens with one attached hydrogen (secondary N) is 1. The molecule has 0 spiro atoms. The molecule has 0 bridgehead atoms. The van der Waals surface area contributed by atoms with Crippen molar-refractivity contribution in [1.29, 1.82) is 0 Å². The van der Waals surface area contributed by atoms with Gasteiger partial charge in [-0.25, -0.2) is 4.79 Å². The molecule has 0 aliphatic carbocycles. The summed E-state index contributed by atoms with van der Waals surface area (Å²) in [6.45, 7) is 9.52. The second kappa shape index (κ2) is 5.73. The van der Waals surface area contributed by atoms with E-state index in [0.717, 1.165) is 19.5 Å². The van der Waals surface area contributed by atoms with Gasteiger partial charge in [0.2, 0.25) is 0 Å². The highest BCUT2D eigenvalue weighted by Gasteiger charge is 2.26. The summed E-state index contributed by atoms with van der Waals surface area (Å²) < 4.78 is 5.29.